The Kier molecular flexibility index (Phi) is 2.73. The molecule has 1 unspecified atom stereocenters. The molecule has 2 aromatic heterocycles. The van der Waals surface area contributed by atoms with Gasteiger partial charge >= 0.3 is 0 Å². The van der Waals surface area contributed by atoms with E-state index in [1.165, 1.54) is 0 Å². The van der Waals surface area contributed by atoms with Gasteiger partial charge in [-0.05, 0) is 35.3 Å². The zero-order valence-electron chi connectivity index (χ0n) is 8.54. The van der Waals surface area contributed by atoms with E-state index in [9.17, 15) is 4.39 Å². The van der Waals surface area contributed by atoms with Crippen molar-refractivity contribution in [3.05, 3.63) is 22.9 Å². The molecule has 0 saturated carbocycles. The zero-order chi connectivity index (χ0) is 11.0. The van der Waals surface area contributed by atoms with Crippen molar-refractivity contribution >= 4 is 27.0 Å². The Labute approximate surface area is 95.5 Å². The Morgan fingerprint density at radius 1 is 1.60 bits per heavy atom. The fourth-order valence-corrected chi connectivity index (χ4v) is 1.89. The maximum atomic E-state index is 13.6. The predicted octanol–water partition coefficient (Wildman–Crippen LogP) is 3.30. The summed E-state index contributed by atoms with van der Waals surface area (Å²) >= 11 is 3.15. The van der Waals surface area contributed by atoms with Crippen molar-refractivity contribution in [2.75, 3.05) is 0 Å². The summed E-state index contributed by atoms with van der Waals surface area (Å²) in [6.07, 6.45) is 2.59. The number of pyridine rings is 1. The van der Waals surface area contributed by atoms with Crippen molar-refractivity contribution in [1.82, 2.24) is 14.5 Å². The number of fused-ring (bicyclic) bond motifs is 1. The van der Waals surface area contributed by atoms with Crippen molar-refractivity contribution in [2.45, 2.75) is 26.3 Å². The molecule has 2 heterocycles. The fraction of sp³-hybridized carbons (Fsp3) is 0.400. The monoisotopic (exact) mass is 271 g/mol. The summed E-state index contributed by atoms with van der Waals surface area (Å²) < 4.78 is 15.9. The molecule has 0 fully saturated rings. The molecular formula is C10H11BrFN3. The molecule has 0 N–H and O–H groups in total. The minimum atomic E-state index is -0.475. The molecule has 1 atom stereocenters. The number of halogens is 2. The lowest BCUT2D eigenvalue weighted by atomic mass is 10.2. The van der Waals surface area contributed by atoms with E-state index in [-0.39, 0.29) is 6.04 Å². The standard InChI is InChI=1S/C10H11BrFN3/c1-3-6(2)15-5-13-7-4-8(11)14-10(12)9(7)15/h4-6H,3H2,1-2H3. The first-order valence-electron chi connectivity index (χ1n) is 4.82. The number of rotatable bonds is 2. The maximum absolute atomic E-state index is 13.6. The van der Waals surface area contributed by atoms with Crippen LogP contribution < -0.4 is 0 Å². The molecule has 80 valence electrons. The van der Waals surface area contributed by atoms with E-state index in [0.29, 0.717) is 15.6 Å². The van der Waals surface area contributed by atoms with Crippen LogP contribution in [0.15, 0.2) is 17.0 Å². The van der Waals surface area contributed by atoms with Gasteiger partial charge in [0.15, 0.2) is 0 Å². The second-order valence-electron chi connectivity index (χ2n) is 3.51. The summed E-state index contributed by atoms with van der Waals surface area (Å²) in [5.41, 5.74) is 1.11. The van der Waals surface area contributed by atoms with Crippen molar-refractivity contribution in [2.24, 2.45) is 0 Å². The van der Waals surface area contributed by atoms with Crippen LogP contribution in [0.2, 0.25) is 0 Å². The summed E-state index contributed by atoms with van der Waals surface area (Å²) in [6.45, 7) is 4.09. The third kappa shape index (κ3) is 1.76. The fourth-order valence-electron chi connectivity index (χ4n) is 1.52. The van der Waals surface area contributed by atoms with Gasteiger partial charge < -0.3 is 4.57 Å². The Morgan fingerprint density at radius 2 is 2.33 bits per heavy atom. The van der Waals surface area contributed by atoms with E-state index in [1.54, 1.807) is 12.4 Å². The van der Waals surface area contributed by atoms with Crippen LogP contribution >= 0.6 is 15.9 Å². The molecule has 5 heteroatoms. The molecule has 0 bridgehead atoms. The van der Waals surface area contributed by atoms with E-state index in [2.05, 4.69) is 32.8 Å². The summed E-state index contributed by atoms with van der Waals surface area (Å²) in [5.74, 6) is -0.475. The van der Waals surface area contributed by atoms with Crippen LogP contribution in [0.1, 0.15) is 26.3 Å². The predicted molar refractivity (Wildman–Crippen MR) is 60.2 cm³/mol. The minimum Gasteiger partial charge on any atom is -0.324 e. The van der Waals surface area contributed by atoms with Crippen LogP contribution in [-0.4, -0.2) is 14.5 Å². The average molecular weight is 272 g/mol. The van der Waals surface area contributed by atoms with Gasteiger partial charge in [-0.15, -0.1) is 0 Å². The topological polar surface area (TPSA) is 30.7 Å². The normalized spacial score (nSPS) is 13.3. The van der Waals surface area contributed by atoms with Crippen LogP contribution in [0, 0.1) is 5.95 Å². The molecule has 0 aromatic carbocycles. The molecular weight excluding hydrogens is 261 g/mol. The zero-order valence-corrected chi connectivity index (χ0v) is 10.1. The van der Waals surface area contributed by atoms with Crippen molar-refractivity contribution in [1.29, 1.82) is 0 Å². The largest absolute Gasteiger partial charge is 0.324 e. The average Bonchev–Trinajstić information content (AvgIpc) is 2.60. The van der Waals surface area contributed by atoms with E-state index in [1.807, 2.05) is 11.5 Å². The van der Waals surface area contributed by atoms with Crippen LogP contribution in [-0.2, 0) is 0 Å². The minimum absolute atomic E-state index is 0.229. The molecule has 15 heavy (non-hydrogen) atoms. The third-order valence-corrected chi connectivity index (χ3v) is 2.95. The van der Waals surface area contributed by atoms with E-state index >= 15 is 0 Å². The lowest BCUT2D eigenvalue weighted by Gasteiger charge is -2.11. The molecule has 0 radical (unpaired) electrons. The maximum Gasteiger partial charge on any atom is 0.240 e. The van der Waals surface area contributed by atoms with Crippen molar-refractivity contribution < 1.29 is 4.39 Å². The molecule has 2 rings (SSSR count). The van der Waals surface area contributed by atoms with Gasteiger partial charge in [0.25, 0.3) is 0 Å². The van der Waals surface area contributed by atoms with Gasteiger partial charge in [-0.2, -0.15) is 4.39 Å². The van der Waals surface area contributed by atoms with Crippen LogP contribution in [0.5, 0.6) is 0 Å². The SMILES string of the molecule is CCC(C)n1cnc2cc(Br)nc(F)c21. The summed E-state index contributed by atoms with van der Waals surface area (Å²) in [4.78, 5) is 7.90. The highest BCUT2D eigenvalue weighted by Crippen LogP contribution is 2.23. The van der Waals surface area contributed by atoms with Gasteiger partial charge in [-0.3, -0.25) is 0 Å². The van der Waals surface area contributed by atoms with Gasteiger partial charge in [0.05, 0.1) is 11.8 Å². The summed E-state index contributed by atoms with van der Waals surface area (Å²) in [6, 6.07) is 1.95. The van der Waals surface area contributed by atoms with Gasteiger partial charge in [0.1, 0.15) is 10.1 Å². The molecule has 0 spiro atoms. The molecule has 0 aliphatic carbocycles. The molecule has 3 nitrogen and oxygen atoms in total. The van der Waals surface area contributed by atoms with Crippen molar-refractivity contribution in [3.63, 3.8) is 0 Å². The highest BCUT2D eigenvalue weighted by atomic mass is 79.9. The number of nitrogens with zero attached hydrogens (tertiary/aromatic N) is 3. The van der Waals surface area contributed by atoms with Crippen molar-refractivity contribution in [3.8, 4) is 0 Å². The number of hydrogen-bond donors (Lipinski definition) is 0. The number of aromatic nitrogens is 3. The summed E-state index contributed by atoms with van der Waals surface area (Å²) in [5, 5.41) is 0. The Morgan fingerprint density at radius 3 is 3.00 bits per heavy atom. The second-order valence-corrected chi connectivity index (χ2v) is 4.33. The molecule has 0 saturated heterocycles. The first-order chi connectivity index (χ1) is 7.13. The highest BCUT2D eigenvalue weighted by molar-refractivity contribution is 9.10. The first-order valence-corrected chi connectivity index (χ1v) is 5.61. The van der Waals surface area contributed by atoms with E-state index < -0.39 is 5.95 Å². The highest BCUT2D eigenvalue weighted by Gasteiger charge is 2.13. The Balaban J connectivity index is 2.69. The van der Waals surface area contributed by atoms with Crippen LogP contribution in [0.4, 0.5) is 4.39 Å². The van der Waals surface area contributed by atoms with Gasteiger partial charge in [0, 0.05) is 6.04 Å². The Bertz CT molecular complexity index is 495. The molecule has 0 aliphatic rings. The van der Waals surface area contributed by atoms with Gasteiger partial charge in [-0.25, -0.2) is 9.97 Å². The molecule has 0 amide bonds. The van der Waals surface area contributed by atoms with Gasteiger partial charge in [0.2, 0.25) is 5.95 Å². The number of imidazole rings is 1. The first kappa shape index (κ1) is 10.5. The lowest BCUT2D eigenvalue weighted by molar-refractivity contribution is 0.524. The smallest absolute Gasteiger partial charge is 0.240 e. The molecule has 2 aromatic rings. The molecule has 0 aliphatic heterocycles. The van der Waals surface area contributed by atoms with E-state index in [0.717, 1.165) is 6.42 Å². The Hall–Kier alpha value is -0.970. The van der Waals surface area contributed by atoms with Crippen LogP contribution in [0.3, 0.4) is 0 Å². The van der Waals surface area contributed by atoms with Crippen LogP contribution in [0.25, 0.3) is 11.0 Å². The lowest BCUT2D eigenvalue weighted by Crippen LogP contribution is -2.03. The summed E-state index contributed by atoms with van der Waals surface area (Å²) in [7, 11) is 0. The number of hydrogen-bond acceptors (Lipinski definition) is 2. The van der Waals surface area contributed by atoms with E-state index in [4.69, 9.17) is 0 Å². The quantitative estimate of drug-likeness (QED) is 0.785. The third-order valence-electron chi connectivity index (χ3n) is 2.54. The van der Waals surface area contributed by atoms with Gasteiger partial charge in [-0.1, -0.05) is 6.92 Å². The second kappa shape index (κ2) is 3.89.